The number of para-hydroxylation sites is 1. The monoisotopic (exact) mass is 221 g/mol. The van der Waals surface area contributed by atoms with Gasteiger partial charge >= 0.3 is 0 Å². The van der Waals surface area contributed by atoms with E-state index in [2.05, 4.69) is 13.8 Å². The Morgan fingerprint density at radius 2 is 2.12 bits per heavy atom. The van der Waals surface area contributed by atoms with E-state index in [1.165, 1.54) is 0 Å². The zero-order valence-electron chi connectivity index (χ0n) is 10.0. The van der Waals surface area contributed by atoms with Crippen molar-refractivity contribution in [3.05, 3.63) is 23.8 Å². The Bertz CT molecular complexity index is 401. The lowest BCUT2D eigenvalue weighted by Gasteiger charge is -2.09. The van der Waals surface area contributed by atoms with Gasteiger partial charge in [0.15, 0.2) is 11.5 Å². The minimum absolute atomic E-state index is 0.179. The normalized spacial score (nSPS) is 26.5. The minimum Gasteiger partial charge on any atom is -0.504 e. The Morgan fingerprint density at radius 1 is 1.44 bits per heavy atom. The molecule has 0 spiro atoms. The Morgan fingerprint density at radius 3 is 2.62 bits per heavy atom. The van der Waals surface area contributed by atoms with Crippen LogP contribution in [0.4, 0.5) is 0 Å². The maximum atomic E-state index is 10.1. The Hall–Kier alpha value is -1.22. The SMILES string of the molecule is COc1cccc(C2C(CN)C2(C)C)c1O. The van der Waals surface area contributed by atoms with Gasteiger partial charge in [0.25, 0.3) is 0 Å². The number of methoxy groups -OCH3 is 1. The maximum Gasteiger partial charge on any atom is 0.161 e. The van der Waals surface area contributed by atoms with E-state index in [0.29, 0.717) is 24.1 Å². The van der Waals surface area contributed by atoms with Gasteiger partial charge in [0.05, 0.1) is 7.11 Å². The summed E-state index contributed by atoms with van der Waals surface area (Å²) < 4.78 is 5.12. The van der Waals surface area contributed by atoms with Gasteiger partial charge < -0.3 is 15.6 Å². The molecule has 0 aliphatic heterocycles. The number of nitrogens with two attached hydrogens (primary N) is 1. The van der Waals surface area contributed by atoms with Crippen LogP contribution in [0.15, 0.2) is 18.2 Å². The number of benzene rings is 1. The smallest absolute Gasteiger partial charge is 0.161 e. The fraction of sp³-hybridized carbons (Fsp3) is 0.538. The molecule has 88 valence electrons. The summed E-state index contributed by atoms with van der Waals surface area (Å²) in [6.07, 6.45) is 0. The van der Waals surface area contributed by atoms with Gasteiger partial charge in [0.1, 0.15) is 0 Å². The predicted octanol–water partition coefficient (Wildman–Crippen LogP) is 2.10. The van der Waals surface area contributed by atoms with Crippen LogP contribution in [0.25, 0.3) is 0 Å². The third-order valence-electron chi connectivity index (χ3n) is 3.89. The van der Waals surface area contributed by atoms with Crippen molar-refractivity contribution >= 4 is 0 Å². The van der Waals surface area contributed by atoms with E-state index in [4.69, 9.17) is 10.5 Å². The van der Waals surface area contributed by atoms with Crippen molar-refractivity contribution in [2.75, 3.05) is 13.7 Å². The molecule has 2 unspecified atom stereocenters. The van der Waals surface area contributed by atoms with Crippen LogP contribution in [0, 0.1) is 11.3 Å². The zero-order chi connectivity index (χ0) is 11.9. The molecule has 2 atom stereocenters. The standard InChI is InChI=1S/C13H19NO2/c1-13(2)9(7-14)11(13)8-5-4-6-10(16-3)12(8)15/h4-6,9,11,15H,7,14H2,1-3H3. The number of ether oxygens (including phenoxy) is 1. The average molecular weight is 221 g/mol. The van der Waals surface area contributed by atoms with Crippen LogP contribution in [-0.2, 0) is 0 Å². The molecular weight excluding hydrogens is 202 g/mol. The molecule has 1 aromatic carbocycles. The molecule has 3 nitrogen and oxygen atoms in total. The highest BCUT2D eigenvalue weighted by molar-refractivity contribution is 5.50. The largest absolute Gasteiger partial charge is 0.504 e. The van der Waals surface area contributed by atoms with Crippen LogP contribution in [0.2, 0.25) is 0 Å². The molecule has 16 heavy (non-hydrogen) atoms. The van der Waals surface area contributed by atoms with E-state index in [-0.39, 0.29) is 11.2 Å². The van der Waals surface area contributed by atoms with E-state index in [1.54, 1.807) is 13.2 Å². The third-order valence-corrected chi connectivity index (χ3v) is 3.89. The highest BCUT2D eigenvalue weighted by Gasteiger charge is 2.58. The van der Waals surface area contributed by atoms with E-state index >= 15 is 0 Å². The quantitative estimate of drug-likeness (QED) is 0.821. The molecule has 1 aliphatic carbocycles. The first kappa shape index (κ1) is 11.3. The molecule has 3 N–H and O–H groups in total. The topological polar surface area (TPSA) is 55.5 Å². The zero-order valence-corrected chi connectivity index (χ0v) is 10.0. The van der Waals surface area contributed by atoms with Crippen molar-refractivity contribution < 1.29 is 9.84 Å². The lowest BCUT2D eigenvalue weighted by Crippen LogP contribution is -2.05. The van der Waals surface area contributed by atoms with Crippen molar-refractivity contribution in [3.8, 4) is 11.5 Å². The fourth-order valence-corrected chi connectivity index (χ4v) is 2.76. The first-order valence-electron chi connectivity index (χ1n) is 5.60. The van der Waals surface area contributed by atoms with Gasteiger partial charge in [-0.15, -0.1) is 0 Å². The highest BCUT2D eigenvalue weighted by atomic mass is 16.5. The second-order valence-corrected chi connectivity index (χ2v) is 5.04. The minimum atomic E-state index is 0.179. The molecule has 0 bridgehead atoms. The number of phenols is 1. The molecule has 0 aromatic heterocycles. The summed E-state index contributed by atoms with van der Waals surface area (Å²) in [4.78, 5) is 0. The molecule has 0 radical (unpaired) electrons. The summed E-state index contributed by atoms with van der Waals surface area (Å²) in [5, 5.41) is 10.1. The number of hydrogen-bond donors (Lipinski definition) is 2. The van der Waals surface area contributed by atoms with Crippen molar-refractivity contribution in [1.29, 1.82) is 0 Å². The van der Waals surface area contributed by atoms with Crippen LogP contribution in [-0.4, -0.2) is 18.8 Å². The van der Waals surface area contributed by atoms with Gasteiger partial charge in [-0.2, -0.15) is 0 Å². The molecule has 1 aliphatic rings. The van der Waals surface area contributed by atoms with Gasteiger partial charge in [-0.1, -0.05) is 26.0 Å². The third kappa shape index (κ3) is 1.47. The van der Waals surface area contributed by atoms with E-state index in [0.717, 1.165) is 5.56 Å². The fourth-order valence-electron chi connectivity index (χ4n) is 2.76. The second kappa shape index (κ2) is 3.67. The molecular formula is C13H19NO2. The number of hydrogen-bond acceptors (Lipinski definition) is 3. The summed E-state index contributed by atoms with van der Waals surface area (Å²) in [5.41, 5.74) is 6.88. The van der Waals surface area contributed by atoms with Crippen molar-refractivity contribution in [3.63, 3.8) is 0 Å². The summed E-state index contributed by atoms with van der Waals surface area (Å²) >= 11 is 0. The average Bonchev–Trinajstić information content (AvgIpc) is 2.80. The van der Waals surface area contributed by atoms with Gasteiger partial charge in [0.2, 0.25) is 0 Å². The predicted molar refractivity (Wildman–Crippen MR) is 63.7 cm³/mol. The number of phenolic OH excluding ortho intramolecular Hbond substituents is 1. The first-order valence-corrected chi connectivity index (χ1v) is 5.60. The Balaban J connectivity index is 2.36. The molecule has 0 amide bonds. The van der Waals surface area contributed by atoms with Crippen LogP contribution < -0.4 is 10.5 Å². The number of aromatic hydroxyl groups is 1. The molecule has 3 heteroatoms. The molecule has 0 saturated heterocycles. The molecule has 1 aromatic rings. The molecule has 0 heterocycles. The van der Waals surface area contributed by atoms with Crippen molar-refractivity contribution in [1.82, 2.24) is 0 Å². The first-order chi connectivity index (χ1) is 7.54. The Kier molecular flexibility index (Phi) is 2.58. The molecule has 2 rings (SSSR count). The molecule has 1 saturated carbocycles. The summed E-state index contributed by atoms with van der Waals surface area (Å²) in [6.45, 7) is 5.04. The number of rotatable bonds is 3. The lowest BCUT2D eigenvalue weighted by molar-refractivity contribution is 0.369. The lowest BCUT2D eigenvalue weighted by atomic mass is 10.0. The van der Waals surface area contributed by atoms with Crippen molar-refractivity contribution in [2.45, 2.75) is 19.8 Å². The van der Waals surface area contributed by atoms with Crippen LogP contribution in [0.3, 0.4) is 0 Å². The Labute approximate surface area is 96.2 Å². The maximum absolute atomic E-state index is 10.1. The van der Waals surface area contributed by atoms with Crippen LogP contribution >= 0.6 is 0 Å². The van der Waals surface area contributed by atoms with E-state index in [1.807, 2.05) is 12.1 Å². The van der Waals surface area contributed by atoms with Gasteiger partial charge in [0, 0.05) is 5.56 Å². The van der Waals surface area contributed by atoms with Gasteiger partial charge in [-0.05, 0) is 29.9 Å². The highest BCUT2D eigenvalue weighted by Crippen LogP contribution is 2.65. The van der Waals surface area contributed by atoms with Crippen molar-refractivity contribution in [2.24, 2.45) is 17.1 Å². The van der Waals surface area contributed by atoms with Crippen LogP contribution in [0.1, 0.15) is 25.3 Å². The van der Waals surface area contributed by atoms with Crippen LogP contribution in [0.5, 0.6) is 11.5 Å². The van der Waals surface area contributed by atoms with E-state index in [9.17, 15) is 5.11 Å². The van der Waals surface area contributed by atoms with Gasteiger partial charge in [-0.3, -0.25) is 0 Å². The summed E-state index contributed by atoms with van der Waals surface area (Å²) in [5.74, 6) is 1.59. The molecule has 1 fully saturated rings. The van der Waals surface area contributed by atoms with E-state index < -0.39 is 0 Å². The summed E-state index contributed by atoms with van der Waals surface area (Å²) in [6, 6.07) is 5.64. The summed E-state index contributed by atoms with van der Waals surface area (Å²) in [7, 11) is 1.57. The second-order valence-electron chi connectivity index (χ2n) is 5.04. The van der Waals surface area contributed by atoms with Gasteiger partial charge in [-0.25, -0.2) is 0 Å².